The maximum absolute atomic E-state index is 12.9. The standard InChI is InChI=1S/C31H37NO2/c1-4-10-24(5-2)23(3)25-11-9-12-26(16-15-25)27-21-31(33)32(22-27)28-17-19-30(20-18-28)34-29-13-7-6-8-14-29/h4-8,13-14,17-20,25-27H,1,3,9-12,15-16,21-22H2,2H3. The Kier molecular flexibility index (Phi) is 8.05. The molecule has 1 saturated carbocycles. The maximum atomic E-state index is 12.9. The molecule has 0 bridgehead atoms. The van der Waals surface area contributed by atoms with Gasteiger partial charge in [0, 0.05) is 18.7 Å². The van der Waals surface area contributed by atoms with Crippen LogP contribution in [-0.4, -0.2) is 12.5 Å². The first-order valence-corrected chi connectivity index (χ1v) is 12.7. The normalized spacial score (nSPS) is 23.4. The number of carbonyl (C=O) groups excluding carboxylic acids is 1. The third-order valence-electron chi connectivity index (χ3n) is 7.58. The van der Waals surface area contributed by atoms with E-state index in [1.165, 1.54) is 43.3 Å². The van der Waals surface area contributed by atoms with Crippen LogP contribution in [0.15, 0.2) is 91.1 Å². The molecule has 0 spiro atoms. The molecule has 2 fully saturated rings. The second kappa shape index (κ2) is 11.4. The Morgan fingerprint density at radius 2 is 1.74 bits per heavy atom. The van der Waals surface area contributed by atoms with E-state index in [-0.39, 0.29) is 5.91 Å². The number of anilines is 1. The van der Waals surface area contributed by atoms with Crippen LogP contribution >= 0.6 is 0 Å². The minimum atomic E-state index is 0.245. The van der Waals surface area contributed by atoms with Gasteiger partial charge >= 0.3 is 0 Å². The number of amides is 1. The number of carbonyl (C=O) groups is 1. The van der Waals surface area contributed by atoms with E-state index in [1.54, 1.807) is 0 Å². The largest absolute Gasteiger partial charge is 0.457 e. The molecule has 1 saturated heterocycles. The molecule has 0 aromatic heterocycles. The summed E-state index contributed by atoms with van der Waals surface area (Å²) in [5, 5.41) is 0. The Morgan fingerprint density at radius 3 is 2.44 bits per heavy atom. The number of ether oxygens (including phenoxy) is 1. The van der Waals surface area contributed by atoms with Crippen molar-refractivity contribution >= 4 is 11.6 Å². The molecule has 2 aromatic rings. The molecule has 4 rings (SSSR count). The van der Waals surface area contributed by atoms with Gasteiger partial charge in [-0.2, -0.15) is 0 Å². The van der Waals surface area contributed by atoms with Crippen LogP contribution in [0.3, 0.4) is 0 Å². The molecule has 2 aliphatic rings. The first-order chi connectivity index (χ1) is 16.6. The molecule has 1 amide bonds. The number of benzene rings is 2. The van der Waals surface area contributed by atoms with E-state index in [2.05, 4.69) is 26.2 Å². The van der Waals surface area contributed by atoms with Crippen LogP contribution in [0.2, 0.25) is 0 Å². The first kappa shape index (κ1) is 24.1. The lowest BCUT2D eigenvalue weighted by Crippen LogP contribution is -2.25. The average Bonchev–Trinajstić information content (AvgIpc) is 3.08. The van der Waals surface area contributed by atoms with E-state index in [0.29, 0.717) is 24.2 Å². The minimum absolute atomic E-state index is 0.245. The molecule has 1 aliphatic heterocycles. The lowest BCUT2D eigenvalue weighted by Gasteiger charge is -2.23. The van der Waals surface area contributed by atoms with Gasteiger partial charge in [-0.1, -0.05) is 49.8 Å². The molecular formula is C31H37NO2. The molecule has 34 heavy (non-hydrogen) atoms. The molecule has 0 N–H and O–H groups in total. The van der Waals surface area contributed by atoms with E-state index in [9.17, 15) is 4.79 Å². The Bertz CT molecular complexity index is 1020. The van der Waals surface area contributed by atoms with Crippen LogP contribution < -0.4 is 9.64 Å². The molecule has 3 unspecified atom stereocenters. The van der Waals surface area contributed by atoms with Gasteiger partial charge in [0.1, 0.15) is 11.5 Å². The average molecular weight is 456 g/mol. The van der Waals surface area contributed by atoms with Gasteiger partial charge in [0.25, 0.3) is 0 Å². The number of nitrogens with zero attached hydrogens (tertiary/aromatic N) is 1. The third-order valence-corrected chi connectivity index (χ3v) is 7.58. The molecule has 3 heteroatoms. The summed E-state index contributed by atoms with van der Waals surface area (Å²) in [6.45, 7) is 11.3. The molecule has 3 nitrogen and oxygen atoms in total. The van der Waals surface area contributed by atoms with Crippen molar-refractivity contribution in [1.82, 2.24) is 0 Å². The van der Waals surface area contributed by atoms with Crippen LogP contribution in [0.5, 0.6) is 11.5 Å². The predicted octanol–water partition coefficient (Wildman–Crippen LogP) is 8.11. The zero-order valence-electron chi connectivity index (χ0n) is 20.4. The van der Waals surface area contributed by atoms with E-state index in [0.717, 1.165) is 30.2 Å². The Morgan fingerprint density at radius 1 is 1.00 bits per heavy atom. The van der Waals surface area contributed by atoms with Crippen molar-refractivity contribution in [1.29, 1.82) is 0 Å². The predicted molar refractivity (Wildman–Crippen MR) is 141 cm³/mol. The van der Waals surface area contributed by atoms with E-state index in [1.807, 2.05) is 65.6 Å². The van der Waals surface area contributed by atoms with Crippen molar-refractivity contribution in [2.45, 2.75) is 51.9 Å². The summed E-state index contributed by atoms with van der Waals surface area (Å²) >= 11 is 0. The minimum Gasteiger partial charge on any atom is -0.457 e. The summed E-state index contributed by atoms with van der Waals surface area (Å²) in [4.78, 5) is 14.9. The summed E-state index contributed by atoms with van der Waals surface area (Å²) in [5.74, 6) is 3.45. The smallest absolute Gasteiger partial charge is 0.227 e. The van der Waals surface area contributed by atoms with Crippen LogP contribution in [0, 0.1) is 17.8 Å². The molecule has 1 aliphatic carbocycles. The van der Waals surface area contributed by atoms with Gasteiger partial charge in [0.05, 0.1) is 0 Å². The zero-order valence-corrected chi connectivity index (χ0v) is 20.4. The van der Waals surface area contributed by atoms with E-state index >= 15 is 0 Å². The third kappa shape index (κ3) is 5.70. The summed E-state index contributed by atoms with van der Waals surface area (Å²) < 4.78 is 5.90. The van der Waals surface area contributed by atoms with Crippen LogP contribution in [0.25, 0.3) is 0 Å². The van der Waals surface area contributed by atoms with Gasteiger partial charge in [-0.15, -0.1) is 6.58 Å². The van der Waals surface area contributed by atoms with E-state index in [4.69, 9.17) is 4.74 Å². The van der Waals surface area contributed by atoms with Crippen molar-refractivity contribution in [3.8, 4) is 11.5 Å². The highest BCUT2D eigenvalue weighted by molar-refractivity contribution is 5.95. The zero-order chi connectivity index (χ0) is 23.9. The molecule has 2 aromatic carbocycles. The van der Waals surface area contributed by atoms with Crippen molar-refractivity contribution < 1.29 is 9.53 Å². The van der Waals surface area contributed by atoms with Crippen LogP contribution in [0.1, 0.15) is 51.9 Å². The fraction of sp³-hybridized carbons (Fsp3) is 0.387. The van der Waals surface area contributed by atoms with Gasteiger partial charge in [-0.25, -0.2) is 0 Å². The fourth-order valence-corrected chi connectivity index (χ4v) is 5.62. The van der Waals surface area contributed by atoms with Gasteiger partial charge in [0.15, 0.2) is 0 Å². The monoisotopic (exact) mass is 455 g/mol. The lowest BCUT2D eigenvalue weighted by atomic mass is 9.83. The fourth-order valence-electron chi connectivity index (χ4n) is 5.62. The molecule has 3 atom stereocenters. The summed E-state index contributed by atoms with van der Waals surface area (Å²) in [5.41, 5.74) is 3.60. The van der Waals surface area contributed by atoms with Crippen LogP contribution in [-0.2, 0) is 4.79 Å². The molecule has 1 heterocycles. The second-order valence-electron chi connectivity index (χ2n) is 9.67. The van der Waals surface area contributed by atoms with Crippen molar-refractivity contribution in [2.24, 2.45) is 17.8 Å². The quantitative estimate of drug-likeness (QED) is 0.229. The van der Waals surface area contributed by atoms with Gasteiger partial charge in [-0.3, -0.25) is 4.79 Å². The highest BCUT2D eigenvalue weighted by Gasteiger charge is 2.36. The molecule has 178 valence electrons. The number of rotatable bonds is 8. The number of para-hydroxylation sites is 1. The van der Waals surface area contributed by atoms with Gasteiger partial charge in [-0.05, 0) is 97.9 Å². The second-order valence-corrected chi connectivity index (χ2v) is 9.67. The van der Waals surface area contributed by atoms with Crippen LogP contribution in [0.4, 0.5) is 5.69 Å². The number of hydrogen-bond acceptors (Lipinski definition) is 2. The lowest BCUT2D eigenvalue weighted by molar-refractivity contribution is -0.117. The summed E-state index contributed by atoms with van der Waals surface area (Å²) in [6, 6.07) is 17.7. The highest BCUT2D eigenvalue weighted by Crippen LogP contribution is 2.41. The molecule has 0 radical (unpaired) electrons. The number of hydrogen-bond donors (Lipinski definition) is 0. The summed E-state index contributed by atoms with van der Waals surface area (Å²) in [7, 11) is 0. The molecular weight excluding hydrogens is 418 g/mol. The Hall–Kier alpha value is -3.07. The van der Waals surface area contributed by atoms with Crippen molar-refractivity contribution in [3.05, 3.63) is 91.1 Å². The summed E-state index contributed by atoms with van der Waals surface area (Å²) in [6.07, 6.45) is 11.7. The highest BCUT2D eigenvalue weighted by atomic mass is 16.5. The van der Waals surface area contributed by atoms with Gasteiger partial charge in [0.2, 0.25) is 5.91 Å². The van der Waals surface area contributed by atoms with E-state index < -0.39 is 0 Å². The van der Waals surface area contributed by atoms with Crippen molar-refractivity contribution in [2.75, 3.05) is 11.4 Å². The maximum Gasteiger partial charge on any atom is 0.227 e. The Balaban J connectivity index is 1.35. The Labute approximate surface area is 204 Å². The SMILES string of the molecule is C=CCC(=CC)C(=C)C1CCCC(C2CC(=O)N(c3ccc(Oc4ccccc4)cc3)C2)CC1. The van der Waals surface area contributed by atoms with Crippen molar-refractivity contribution in [3.63, 3.8) is 0 Å². The first-order valence-electron chi connectivity index (χ1n) is 12.7. The topological polar surface area (TPSA) is 29.5 Å². The van der Waals surface area contributed by atoms with Gasteiger partial charge < -0.3 is 9.64 Å². The number of allylic oxidation sites excluding steroid dienone is 4.